The van der Waals surface area contributed by atoms with Crippen LogP contribution in [0.5, 0.6) is 0 Å². The summed E-state index contributed by atoms with van der Waals surface area (Å²) < 4.78 is 0. The van der Waals surface area contributed by atoms with E-state index in [2.05, 4.69) is 17.0 Å². The summed E-state index contributed by atoms with van der Waals surface area (Å²) >= 11 is 0. The van der Waals surface area contributed by atoms with E-state index < -0.39 is 0 Å². The molecule has 0 bridgehead atoms. The van der Waals surface area contributed by atoms with Gasteiger partial charge in [-0.1, -0.05) is 12.1 Å². The van der Waals surface area contributed by atoms with Gasteiger partial charge in [0.15, 0.2) is 0 Å². The molecule has 1 aromatic carbocycles. The van der Waals surface area contributed by atoms with E-state index in [4.69, 9.17) is 5.26 Å². The highest BCUT2D eigenvalue weighted by Gasteiger charge is 2.12. The molecule has 1 aromatic rings. The highest BCUT2D eigenvalue weighted by atomic mass is 15.2. The van der Waals surface area contributed by atoms with Crippen molar-refractivity contribution in [1.29, 1.82) is 5.26 Å². The zero-order valence-corrected chi connectivity index (χ0v) is 8.24. The minimum Gasteiger partial charge on any atom is -0.303 e. The standard InChI is InChI=1S/C12H14N2/c13-10-12-4-1-3-11(9-12)5-8-14-6-2-7-14/h1,3-4,9H,2,5-8H2. The molecule has 1 saturated heterocycles. The van der Waals surface area contributed by atoms with E-state index in [1.807, 2.05) is 18.2 Å². The third-order valence-electron chi connectivity index (χ3n) is 2.72. The van der Waals surface area contributed by atoms with Gasteiger partial charge in [-0.3, -0.25) is 0 Å². The highest BCUT2D eigenvalue weighted by Crippen LogP contribution is 2.09. The Labute approximate surface area is 84.8 Å². The monoisotopic (exact) mass is 186 g/mol. The summed E-state index contributed by atoms with van der Waals surface area (Å²) in [6, 6.07) is 10.1. The zero-order chi connectivity index (χ0) is 9.80. The van der Waals surface area contributed by atoms with E-state index in [1.54, 1.807) is 0 Å². The summed E-state index contributed by atoms with van der Waals surface area (Å²) in [6.07, 6.45) is 2.41. The molecule has 0 amide bonds. The van der Waals surface area contributed by atoms with Gasteiger partial charge in [-0.15, -0.1) is 0 Å². The average molecular weight is 186 g/mol. The molecule has 1 heterocycles. The summed E-state index contributed by atoms with van der Waals surface area (Å²) in [5.74, 6) is 0. The number of nitrogens with zero attached hydrogens (tertiary/aromatic N) is 2. The molecule has 2 rings (SSSR count). The molecule has 0 spiro atoms. The van der Waals surface area contributed by atoms with Crippen LogP contribution in [0.3, 0.4) is 0 Å². The molecule has 2 nitrogen and oxygen atoms in total. The van der Waals surface area contributed by atoms with Gasteiger partial charge in [0.2, 0.25) is 0 Å². The molecule has 0 unspecified atom stereocenters. The Morgan fingerprint density at radius 3 is 2.86 bits per heavy atom. The fraction of sp³-hybridized carbons (Fsp3) is 0.417. The normalized spacial score (nSPS) is 15.9. The van der Waals surface area contributed by atoms with Gasteiger partial charge < -0.3 is 4.90 Å². The van der Waals surface area contributed by atoms with Crippen molar-refractivity contribution in [2.75, 3.05) is 19.6 Å². The van der Waals surface area contributed by atoms with Crippen molar-refractivity contribution in [3.05, 3.63) is 35.4 Å². The molecule has 0 radical (unpaired) electrons. The van der Waals surface area contributed by atoms with Crippen LogP contribution < -0.4 is 0 Å². The molecule has 1 aliphatic rings. The van der Waals surface area contributed by atoms with E-state index in [0.29, 0.717) is 0 Å². The largest absolute Gasteiger partial charge is 0.303 e. The molecule has 72 valence electrons. The topological polar surface area (TPSA) is 27.0 Å². The second-order valence-electron chi connectivity index (χ2n) is 3.76. The molecule has 0 atom stereocenters. The number of hydrogen-bond acceptors (Lipinski definition) is 2. The first-order valence-electron chi connectivity index (χ1n) is 5.10. The molecular weight excluding hydrogens is 172 g/mol. The maximum absolute atomic E-state index is 8.74. The van der Waals surface area contributed by atoms with E-state index in [-0.39, 0.29) is 0 Å². The first-order valence-corrected chi connectivity index (χ1v) is 5.10. The number of likely N-dealkylation sites (tertiary alicyclic amines) is 1. The number of nitriles is 1. The summed E-state index contributed by atoms with van der Waals surface area (Å²) in [5.41, 5.74) is 2.04. The summed E-state index contributed by atoms with van der Waals surface area (Å²) in [5, 5.41) is 8.74. The predicted octanol–water partition coefficient (Wildman–Crippen LogP) is 1.81. The van der Waals surface area contributed by atoms with Crippen LogP contribution in [0.4, 0.5) is 0 Å². The van der Waals surface area contributed by atoms with Crippen LogP contribution in [0.15, 0.2) is 24.3 Å². The van der Waals surface area contributed by atoms with Crippen molar-refractivity contribution in [3.8, 4) is 6.07 Å². The number of benzene rings is 1. The third kappa shape index (κ3) is 2.12. The van der Waals surface area contributed by atoms with Crippen molar-refractivity contribution in [3.63, 3.8) is 0 Å². The summed E-state index contributed by atoms with van der Waals surface area (Å²) in [6.45, 7) is 3.63. The van der Waals surface area contributed by atoms with Crippen LogP contribution in [-0.2, 0) is 6.42 Å². The second-order valence-corrected chi connectivity index (χ2v) is 3.76. The SMILES string of the molecule is N#Cc1cccc(CCN2CCC2)c1. The minimum absolute atomic E-state index is 0.770. The average Bonchev–Trinajstić information content (AvgIpc) is 2.16. The first-order chi connectivity index (χ1) is 6.88. The van der Waals surface area contributed by atoms with Crippen molar-refractivity contribution in [2.24, 2.45) is 0 Å². The van der Waals surface area contributed by atoms with Crippen LogP contribution in [0.1, 0.15) is 17.5 Å². The lowest BCUT2D eigenvalue weighted by molar-refractivity contribution is 0.184. The van der Waals surface area contributed by atoms with E-state index >= 15 is 0 Å². The molecule has 0 aliphatic carbocycles. The molecule has 1 aliphatic heterocycles. The van der Waals surface area contributed by atoms with Gasteiger partial charge in [0, 0.05) is 6.54 Å². The Hall–Kier alpha value is -1.33. The Kier molecular flexibility index (Phi) is 2.81. The fourth-order valence-corrected chi connectivity index (χ4v) is 1.69. The van der Waals surface area contributed by atoms with Crippen LogP contribution >= 0.6 is 0 Å². The van der Waals surface area contributed by atoms with Crippen molar-refractivity contribution < 1.29 is 0 Å². The second kappa shape index (κ2) is 4.26. The highest BCUT2D eigenvalue weighted by molar-refractivity contribution is 5.32. The van der Waals surface area contributed by atoms with Gasteiger partial charge in [0.25, 0.3) is 0 Å². The summed E-state index contributed by atoms with van der Waals surface area (Å²) in [7, 11) is 0. The number of hydrogen-bond donors (Lipinski definition) is 0. The van der Waals surface area contributed by atoms with E-state index in [0.717, 1.165) is 18.5 Å². The Bertz CT molecular complexity index is 348. The molecular formula is C12H14N2. The van der Waals surface area contributed by atoms with Gasteiger partial charge >= 0.3 is 0 Å². The lowest BCUT2D eigenvalue weighted by Crippen LogP contribution is -2.38. The molecule has 0 saturated carbocycles. The molecule has 0 aromatic heterocycles. The molecule has 0 N–H and O–H groups in total. The fourth-order valence-electron chi connectivity index (χ4n) is 1.69. The first kappa shape index (κ1) is 9.23. The van der Waals surface area contributed by atoms with Crippen molar-refractivity contribution in [2.45, 2.75) is 12.8 Å². The molecule has 2 heteroatoms. The van der Waals surface area contributed by atoms with Gasteiger partial charge in [0.1, 0.15) is 0 Å². The van der Waals surface area contributed by atoms with E-state index in [1.165, 1.54) is 25.1 Å². The van der Waals surface area contributed by atoms with Gasteiger partial charge in [-0.05, 0) is 43.6 Å². The quantitative estimate of drug-likeness (QED) is 0.719. The lowest BCUT2D eigenvalue weighted by Gasteiger charge is -2.30. The van der Waals surface area contributed by atoms with Crippen molar-refractivity contribution in [1.82, 2.24) is 4.90 Å². The summed E-state index contributed by atoms with van der Waals surface area (Å²) in [4.78, 5) is 2.44. The van der Waals surface area contributed by atoms with Crippen LogP contribution in [0.2, 0.25) is 0 Å². The van der Waals surface area contributed by atoms with Gasteiger partial charge in [-0.25, -0.2) is 0 Å². The lowest BCUT2D eigenvalue weighted by atomic mass is 10.1. The Balaban J connectivity index is 1.91. The maximum Gasteiger partial charge on any atom is 0.0991 e. The Morgan fingerprint density at radius 2 is 2.21 bits per heavy atom. The van der Waals surface area contributed by atoms with Crippen LogP contribution in [0, 0.1) is 11.3 Å². The Morgan fingerprint density at radius 1 is 1.36 bits per heavy atom. The minimum atomic E-state index is 0.770. The predicted molar refractivity (Wildman–Crippen MR) is 55.9 cm³/mol. The third-order valence-corrected chi connectivity index (χ3v) is 2.72. The van der Waals surface area contributed by atoms with E-state index in [9.17, 15) is 0 Å². The molecule has 14 heavy (non-hydrogen) atoms. The van der Waals surface area contributed by atoms with Crippen molar-refractivity contribution >= 4 is 0 Å². The van der Waals surface area contributed by atoms with Gasteiger partial charge in [-0.2, -0.15) is 5.26 Å². The molecule has 1 fully saturated rings. The maximum atomic E-state index is 8.74. The number of rotatable bonds is 3. The van der Waals surface area contributed by atoms with Crippen LogP contribution in [-0.4, -0.2) is 24.5 Å². The van der Waals surface area contributed by atoms with Gasteiger partial charge in [0.05, 0.1) is 11.6 Å². The smallest absolute Gasteiger partial charge is 0.0991 e. The zero-order valence-electron chi connectivity index (χ0n) is 8.24. The van der Waals surface area contributed by atoms with Crippen LogP contribution in [0.25, 0.3) is 0 Å².